The molecule has 1 atom stereocenters. The first kappa shape index (κ1) is 16.1. The summed E-state index contributed by atoms with van der Waals surface area (Å²) in [5.74, 6) is 1.23. The van der Waals surface area contributed by atoms with Gasteiger partial charge in [0.05, 0.1) is 5.54 Å². The Labute approximate surface area is 148 Å². The largest absolute Gasteiger partial charge is 0.350 e. The van der Waals surface area contributed by atoms with Crippen molar-refractivity contribution in [3.05, 3.63) is 53.9 Å². The molecule has 1 aromatic heterocycles. The van der Waals surface area contributed by atoms with Gasteiger partial charge < -0.3 is 10.2 Å². The lowest BCUT2D eigenvalue weighted by atomic mass is 9.74. The minimum atomic E-state index is -0.127. The van der Waals surface area contributed by atoms with Crippen molar-refractivity contribution in [3.8, 4) is 0 Å². The number of anilines is 1. The Morgan fingerprint density at radius 2 is 1.84 bits per heavy atom. The molecule has 2 aliphatic rings. The topological polar surface area (TPSA) is 58.1 Å². The van der Waals surface area contributed by atoms with Gasteiger partial charge in [0.15, 0.2) is 0 Å². The molecular weight excluding hydrogens is 312 g/mol. The molecule has 0 unspecified atom stereocenters. The number of carbonyl (C=O) groups excluding carboxylic acids is 1. The minimum Gasteiger partial charge on any atom is -0.350 e. The number of hydrogen-bond donors (Lipinski definition) is 1. The fourth-order valence-corrected chi connectivity index (χ4v) is 4.19. The fraction of sp³-hybridized carbons (Fsp3) is 0.450. The second-order valence-electron chi connectivity index (χ2n) is 7.10. The maximum absolute atomic E-state index is 12.2. The molecule has 0 radical (unpaired) electrons. The van der Waals surface area contributed by atoms with Crippen LogP contribution in [0.3, 0.4) is 0 Å². The number of rotatable bonds is 3. The lowest BCUT2D eigenvalue weighted by Crippen LogP contribution is -2.53. The van der Waals surface area contributed by atoms with E-state index in [9.17, 15) is 4.79 Å². The Bertz CT molecular complexity index is 736. The summed E-state index contributed by atoms with van der Waals surface area (Å²) < 4.78 is 0. The van der Waals surface area contributed by atoms with Gasteiger partial charge in [0.1, 0.15) is 0 Å². The molecule has 5 heteroatoms. The van der Waals surface area contributed by atoms with E-state index in [-0.39, 0.29) is 17.4 Å². The molecule has 5 nitrogen and oxygen atoms in total. The smallest absolute Gasteiger partial charge is 0.225 e. The predicted molar refractivity (Wildman–Crippen MR) is 97.5 cm³/mol. The standard InChI is InChI=1S/C20H24N4O/c1-2-15-13-21-19(22-14-15)24-10-8-20(9-11-24)17(12-18(25)23-20)16-6-4-3-5-7-16/h3-7,13-14,17H,2,8-12H2,1H3,(H,23,25)/t17-/m1/s1. The number of benzene rings is 1. The number of nitrogens with one attached hydrogen (secondary N) is 1. The van der Waals surface area contributed by atoms with Gasteiger partial charge in [-0.05, 0) is 30.4 Å². The molecule has 2 aromatic rings. The average molecular weight is 336 g/mol. The van der Waals surface area contributed by atoms with Crippen LogP contribution < -0.4 is 10.2 Å². The van der Waals surface area contributed by atoms with Crippen molar-refractivity contribution in [2.24, 2.45) is 0 Å². The molecule has 1 aromatic carbocycles. The summed E-state index contributed by atoms with van der Waals surface area (Å²) in [6.07, 6.45) is 7.22. The molecule has 25 heavy (non-hydrogen) atoms. The number of piperidine rings is 1. The minimum absolute atomic E-state index is 0.127. The van der Waals surface area contributed by atoms with E-state index < -0.39 is 0 Å². The van der Waals surface area contributed by atoms with Crippen LogP contribution in [0.25, 0.3) is 0 Å². The van der Waals surface area contributed by atoms with Crippen molar-refractivity contribution >= 4 is 11.9 Å². The lowest BCUT2D eigenvalue weighted by molar-refractivity contribution is -0.119. The summed E-state index contributed by atoms with van der Waals surface area (Å²) >= 11 is 0. The van der Waals surface area contributed by atoms with Crippen LogP contribution in [0.1, 0.15) is 43.2 Å². The van der Waals surface area contributed by atoms with Crippen LogP contribution in [-0.4, -0.2) is 34.5 Å². The zero-order chi connectivity index (χ0) is 17.3. The zero-order valence-electron chi connectivity index (χ0n) is 14.6. The van der Waals surface area contributed by atoms with E-state index in [1.165, 1.54) is 5.56 Å². The number of carbonyl (C=O) groups is 1. The summed E-state index contributed by atoms with van der Waals surface area (Å²) in [4.78, 5) is 23.4. The van der Waals surface area contributed by atoms with Gasteiger partial charge in [-0.25, -0.2) is 9.97 Å². The van der Waals surface area contributed by atoms with E-state index in [1.807, 2.05) is 18.5 Å². The number of amides is 1. The third-order valence-electron chi connectivity index (χ3n) is 5.69. The Balaban J connectivity index is 1.51. The normalized spacial score (nSPS) is 22.2. The number of hydrogen-bond acceptors (Lipinski definition) is 4. The van der Waals surface area contributed by atoms with Crippen molar-refractivity contribution in [2.75, 3.05) is 18.0 Å². The van der Waals surface area contributed by atoms with Crippen LogP contribution in [-0.2, 0) is 11.2 Å². The number of aryl methyl sites for hydroxylation is 1. The average Bonchev–Trinajstić information content (AvgIpc) is 2.99. The first-order valence-corrected chi connectivity index (χ1v) is 9.12. The molecule has 1 amide bonds. The quantitative estimate of drug-likeness (QED) is 0.936. The van der Waals surface area contributed by atoms with E-state index in [1.54, 1.807) is 0 Å². The molecule has 0 aliphatic carbocycles. The third-order valence-corrected chi connectivity index (χ3v) is 5.69. The summed E-state index contributed by atoms with van der Waals surface area (Å²) in [5, 5.41) is 3.30. The van der Waals surface area contributed by atoms with Gasteiger partial charge in [-0.3, -0.25) is 4.79 Å². The first-order chi connectivity index (χ1) is 12.2. The summed E-state index contributed by atoms with van der Waals surface area (Å²) in [7, 11) is 0. The summed E-state index contributed by atoms with van der Waals surface area (Å²) in [5.41, 5.74) is 2.29. The van der Waals surface area contributed by atoms with Crippen LogP contribution >= 0.6 is 0 Å². The summed E-state index contributed by atoms with van der Waals surface area (Å²) in [6.45, 7) is 3.85. The molecule has 130 valence electrons. The van der Waals surface area contributed by atoms with Crippen LogP contribution in [0.5, 0.6) is 0 Å². The number of nitrogens with zero attached hydrogens (tertiary/aromatic N) is 3. The van der Waals surface area contributed by atoms with E-state index >= 15 is 0 Å². The molecule has 4 rings (SSSR count). The molecule has 2 fully saturated rings. The molecule has 1 N–H and O–H groups in total. The van der Waals surface area contributed by atoms with E-state index in [2.05, 4.69) is 51.4 Å². The fourth-order valence-electron chi connectivity index (χ4n) is 4.19. The molecule has 3 heterocycles. The number of aromatic nitrogens is 2. The van der Waals surface area contributed by atoms with Crippen LogP contribution in [0.4, 0.5) is 5.95 Å². The Kier molecular flexibility index (Phi) is 4.15. The molecule has 1 spiro atoms. The van der Waals surface area contributed by atoms with E-state index in [0.717, 1.165) is 43.9 Å². The van der Waals surface area contributed by atoms with Gasteiger partial charge in [-0.2, -0.15) is 0 Å². The molecular formula is C20H24N4O. The Hall–Kier alpha value is -2.43. The van der Waals surface area contributed by atoms with Crippen molar-refractivity contribution in [2.45, 2.75) is 44.1 Å². The SMILES string of the molecule is CCc1cnc(N2CCC3(CC2)NC(=O)C[C@@H]3c2ccccc2)nc1. The van der Waals surface area contributed by atoms with Crippen molar-refractivity contribution < 1.29 is 4.79 Å². The lowest BCUT2D eigenvalue weighted by Gasteiger charge is -2.43. The highest BCUT2D eigenvalue weighted by Gasteiger charge is 2.48. The van der Waals surface area contributed by atoms with Crippen molar-refractivity contribution in [3.63, 3.8) is 0 Å². The van der Waals surface area contributed by atoms with Gasteiger partial charge >= 0.3 is 0 Å². The van der Waals surface area contributed by atoms with Gasteiger partial charge in [-0.15, -0.1) is 0 Å². The maximum atomic E-state index is 12.2. The van der Waals surface area contributed by atoms with Gasteiger partial charge in [0.25, 0.3) is 0 Å². The molecule has 0 bridgehead atoms. The second kappa shape index (κ2) is 6.47. The second-order valence-corrected chi connectivity index (χ2v) is 7.10. The highest BCUT2D eigenvalue weighted by Crippen LogP contribution is 2.43. The van der Waals surface area contributed by atoms with Gasteiger partial charge in [0.2, 0.25) is 11.9 Å². The Morgan fingerprint density at radius 3 is 2.48 bits per heavy atom. The van der Waals surface area contributed by atoms with Crippen LogP contribution in [0.15, 0.2) is 42.7 Å². The summed E-state index contributed by atoms with van der Waals surface area (Å²) in [6, 6.07) is 10.4. The molecule has 2 saturated heterocycles. The maximum Gasteiger partial charge on any atom is 0.225 e. The van der Waals surface area contributed by atoms with Crippen LogP contribution in [0, 0.1) is 0 Å². The third kappa shape index (κ3) is 2.99. The highest BCUT2D eigenvalue weighted by atomic mass is 16.2. The monoisotopic (exact) mass is 336 g/mol. The molecule has 2 aliphatic heterocycles. The Morgan fingerprint density at radius 1 is 1.16 bits per heavy atom. The van der Waals surface area contributed by atoms with Gasteiger partial charge in [-0.1, -0.05) is 37.3 Å². The van der Waals surface area contributed by atoms with Gasteiger partial charge in [0, 0.05) is 37.8 Å². The first-order valence-electron chi connectivity index (χ1n) is 9.12. The van der Waals surface area contributed by atoms with Crippen LogP contribution in [0.2, 0.25) is 0 Å². The van der Waals surface area contributed by atoms with E-state index in [0.29, 0.717) is 6.42 Å². The predicted octanol–water partition coefficient (Wildman–Crippen LogP) is 2.68. The van der Waals surface area contributed by atoms with Crippen molar-refractivity contribution in [1.29, 1.82) is 0 Å². The zero-order valence-corrected chi connectivity index (χ0v) is 14.6. The van der Waals surface area contributed by atoms with E-state index in [4.69, 9.17) is 0 Å². The molecule has 0 saturated carbocycles. The highest BCUT2D eigenvalue weighted by molar-refractivity contribution is 5.81. The van der Waals surface area contributed by atoms with Crippen molar-refractivity contribution in [1.82, 2.24) is 15.3 Å².